The Kier molecular flexibility index (Phi) is 2.64. The van der Waals surface area contributed by atoms with Crippen molar-refractivity contribution in [2.45, 2.75) is 5.92 Å². The number of hydrogen-bond donors (Lipinski definition) is 1. The van der Waals surface area contributed by atoms with Crippen molar-refractivity contribution in [2.24, 2.45) is 0 Å². The van der Waals surface area contributed by atoms with Gasteiger partial charge in [0.15, 0.2) is 0 Å². The van der Waals surface area contributed by atoms with Crippen molar-refractivity contribution in [2.75, 3.05) is 13.1 Å². The fourth-order valence-corrected chi connectivity index (χ4v) is 3.92. The summed E-state index contributed by atoms with van der Waals surface area (Å²) in [5.74, 6) is 0.637. The molecule has 0 amide bonds. The Morgan fingerprint density at radius 2 is 2.20 bits per heavy atom. The summed E-state index contributed by atoms with van der Waals surface area (Å²) in [6.45, 7) is 2.16. The SMILES string of the molecule is Brc1csc(-c2nc(C3CNC3)cs2)c1. The Morgan fingerprint density at radius 3 is 2.80 bits per heavy atom. The minimum Gasteiger partial charge on any atom is -0.315 e. The van der Waals surface area contributed by atoms with Crippen LogP contribution in [-0.4, -0.2) is 18.1 Å². The summed E-state index contributed by atoms with van der Waals surface area (Å²) in [5, 5.41) is 8.71. The van der Waals surface area contributed by atoms with Gasteiger partial charge in [-0.05, 0) is 22.0 Å². The predicted molar refractivity (Wildman–Crippen MR) is 68.7 cm³/mol. The van der Waals surface area contributed by atoms with E-state index in [9.17, 15) is 0 Å². The van der Waals surface area contributed by atoms with Crippen molar-refractivity contribution in [3.8, 4) is 9.88 Å². The molecule has 1 aliphatic rings. The number of nitrogens with one attached hydrogen (secondary N) is 1. The maximum Gasteiger partial charge on any atom is 0.133 e. The average Bonchev–Trinajstić information content (AvgIpc) is 2.70. The molecule has 1 aliphatic heterocycles. The molecule has 2 nitrogen and oxygen atoms in total. The normalized spacial score (nSPS) is 16.6. The van der Waals surface area contributed by atoms with Crippen LogP contribution in [0.1, 0.15) is 11.6 Å². The molecular formula is C10H9BrN2S2. The van der Waals surface area contributed by atoms with Gasteiger partial charge in [0, 0.05) is 34.2 Å². The molecule has 2 aromatic heterocycles. The topological polar surface area (TPSA) is 24.9 Å². The van der Waals surface area contributed by atoms with Crippen LogP contribution in [0.15, 0.2) is 21.3 Å². The van der Waals surface area contributed by atoms with Gasteiger partial charge in [-0.25, -0.2) is 4.98 Å². The molecule has 0 aromatic carbocycles. The third-order valence-electron chi connectivity index (χ3n) is 2.50. The second kappa shape index (κ2) is 3.97. The van der Waals surface area contributed by atoms with Gasteiger partial charge in [0.25, 0.3) is 0 Å². The number of thiophene rings is 1. The minimum absolute atomic E-state index is 0.637. The molecule has 3 rings (SSSR count). The zero-order valence-electron chi connectivity index (χ0n) is 7.87. The molecule has 0 radical (unpaired) electrons. The summed E-state index contributed by atoms with van der Waals surface area (Å²) in [6.07, 6.45) is 0. The lowest BCUT2D eigenvalue weighted by Gasteiger charge is -2.25. The predicted octanol–water partition coefficient (Wildman–Crippen LogP) is 3.32. The highest BCUT2D eigenvalue weighted by Gasteiger charge is 2.21. The van der Waals surface area contributed by atoms with Gasteiger partial charge in [0.1, 0.15) is 5.01 Å². The van der Waals surface area contributed by atoms with E-state index in [-0.39, 0.29) is 0 Å². The number of hydrogen-bond acceptors (Lipinski definition) is 4. The Morgan fingerprint density at radius 1 is 1.33 bits per heavy atom. The molecule has 78 valence electrons. The fourth-order valence-electron chi connectivity index (χ4n) is 1.51. The smallest absolute Gasteiger partial charge is 0.133 e. The molecule has 1 fully saturated rings. The van der Waals surface area contributed by atoms with Gasteiger partial charge in [-0.2, -0.15) is 0 Å². The zero-order valence-corrected chi connectivity index (χ0v) is 11.1. The first-order valence-electron chi connectivity index (χ1n) is 4.73. The molecular weight excluding hydrogens is 292 g/mol. The molecule has 3 heterocycles. The van der Waals surface area contributed by atoms with Gasteiger partial charge in [-0.3, -0.25) is 0 Å². The van der Waals surface area contributed by atoms with E-state index in [4.69, 9.17) is 0 Å². The zero-order chi connectivity index (χ0) is 10.3. The van der Waals surface area contributed by atoms with Gasteiger partial charge < -0.3 is 5.32 Å². The van der Waals surface area contributed by atoms with E-state index in [1.807, 2.05) is 0 Å². The summed E-state index contributed by atoms with van der Waals surface area (Å²) in [5.41, 5.74) is 1.25. The molecule has 0 aliphatic carbocycles. The van der Waals surface area contributed by atoms with Gasteiger partial charge in [0.05, 0.1) is 10.6 Å². The third kappa shape index (κ3) is 1.89. The van der Waals surface area contributed by atoms with Crippen LogP contribution in [0, 0.1) is 0 Å². The summed E-state index contributed by atoms with van der Waals surface area (Å²) >= 11 is 6.95. The summed E-state index contributed by atoms with van der Waals surface area (Å²) in [6, 6.07) is 2.13. The van der Waals surface area contributed by atoms with E-state index in [0.717, 1.165) is 22.6 Å². The van der Waals surface area contributed by atoms with Crippen molar-refractivity contribution >= 4 is 38.6 Å². The Balaban J connectivity index is 1.89. The average molecular weight is 301 g/mol. The molecule has 0 unspecified atom stereocenters. The number of halogens is 1. The van der Waals surface area contributed by atoms with Crippen LogP contribution in [0.25, 0.3) is 9.88 Å². The molecule has 0 atom stereocenters. The maximum atomic E-state index is 4.68. The van der Waals surface area contributed by atoms with Gasteiger partial charge in [-0.1, -0.05) is 0 Å². The van der Waals surface area contributed by atoms with Crippen LogP contribution in [0.2, 0.25) is 0 Å². The van der Waals surface area contributed by atoms with E-state index in [0.29, 0.717) is 5.92 Å². The quantitative estimate of drug-likeness (QED) is 0.920. The maximum absolute atomic E-state index is 4.68. The van der Waals surface area contributed by atoms with E-state index < -0.39 is 0 Å². The summed E-state index contributed by atoms with van der Waals surface area (Å²) < 4.78 is 1.14. The van der Waals surface area contributed by atoms with Crippen molar-refractivity contribution in [3.05, 3.63) is 27.0 Å². The second-order valence-corrected chi connectivity index (χ2v) is 6.25. The van der Waals surface area contributed by atoms with Crippen LogP contribution in [0.4, 0.5) is 0 Å². The molecule has 0 spiro atoms. The first-order valence-corrected chi connectivity index (χ1v) is 7.29. The van der Waals surface area contributed by atoms with Crippen LogP contribution < -0.4 is 5.32 Å². The lowest BCUT2D eigenvalue weighted by Crippen LogP contribution is -2.40. The van der Waals surface area contributed by atoms with Crippen LogP contribution >= 0.6 is 38.6 Å². The lowest BCUT2D eigenvalue weighted by molar-refractivity contribution is 0.441. The third-order valence-corrected chi connectivity index (χ3v) is 5.22. The summed E-state index contributed by atoms with van der Waals surface area (Å²) in [4.78, 5) is 5.94. The minimum atomic E-state index is 0.637. The van der Waals surface area contributed by atoms with Crippen molar-refractivity contribution in [1.82, 2.24) is 10.3 Å². The monoisotopic (exact) mass is 300 g/mol. The van der Waals surface area contributed by atoms with Crippen molar-refractivity contribution in [3.63, 3.8) is 0 Å². The molecule has 1 saturated heterocycles. The number of nitrogens with zero attached hydrogens (tertiary/aromatic N) is 1. The van der Waals surface area contributed by atoms with E-state index in [2.05, 4.69) is 43.1 Å². The second-order valence-electron chi connectivity index (χ2n) is 3.56. The van der Waals surface area contributed by atoms with E-state index >= 15 is 0 Å². The summed E-state index contributed by atoms with van der Waals surface area (Å²) in [7, 11) is 0. The van der Waals surface area contributed by atoms with E-state index in [1.165, 1.54) is 10.6 Å². The highest BCUT2D eigenvalue weighted by molar-refractivity contribution is 9.10. The van der Waals surface area contributed by atoms with Crippen molar-refractivity contribution < 1.29 is 0 Å². The standard InChI is InChI=1S/C10H9BrN2S2/c11-7-1-9(14-4-7)10-13-8(5-15-10)6-2-12-3-6/h1,4-6,12H,2-3H2. The van der Waals surface area contributed by atoms with Gasteiger partial charge >= 0.3 is 0 Å². The molecule has 5 heteroatoms. The van der Waals surface area contributed by atoms with Gasteiger partial charge in [0.2, 0.25) is 0 Å². The van der Waals surface area contributed by atoms with Gasteiger partial charge in [-0.15, -0.1) is 22.7 Å². The lowest BCUT2D eigenvalue weighted by atomic mass is 10.0. The Hall–Kier alpha value is -0.230. The first kappa shape index (κ1) is 9.96. The van der Waals surface area contributed by atoms with Crippen LogP contribution in [-0.2, 0) is 0 Å². The van der Waals surface area contributed by atoms with Crippen LogP contribution in [0.3, 0.4) is 0 Å². The number of aromatic nitrogens is 1. The first-order chi connectivity index (χ1) is 7.33. The molecule has 15 heavy (non-hydrogen) atoms. The highest BCUT2D eigenvalue weighted by atomic mass is 79.9. The largest absolute Gasteiger partial charge is 0.315 e. The molecule has 0 saturated carbocycles. The van der Waals surface area contributed by atoms with E-state index in [1.54, 1.807) is 22.7 Å². The Labute approximate surface area is 104 Å². The van der Waals surface area contributed by atoms with Crippen molar-refractivity contribution in [1.29, 1.82) is 0 Å². The highest BCUT2D eigenvalue weighted by Crippen LogP contribution is 2.33. The van der Waals surface area contributed by atoms with Crippen LogP contribution in [0.5, 0.6) is 0 Å². The molecule has 0 bridgehead atoms. The Bertz CT molecular complexity index is 473. The molecule has 2 aromatic rings. The molecule has 1 N–H and O–H groups in total. The number of rotatable bonds is 2. The fraction of sp³-hybridized carbons (Fsp3) is 0.300. The number of thiazole rings is 1.